The summed E-state index contributed by atoms with van der Waals surface area (Å²) in [6.45, 7) is 5.41. The summed E-state index contributed by atoms with van der Waals surface area (Å²) >= 11 is 2.72. The predicted octanol–water partition coefficient (Wildman–Crippen LogP) is 4.63. The number of hydrogen-bond acceptors (Lipinski definition) is 6. The summed E-state index contributed by atoms with van der Waals surface area (Å²) in [6, 6.07) is 12.8. The van der Waals surface area contributed by atoms with E-state index in [-0.39, 0.29) is 29.9 Å². The van der Waals surface area contributed by atoms with E-state index < -0.39 is 0 Å². The Morgan fingerprint density at radius 3 is 2.44 bits per heavy atom. The van der Waals surface area contributed by atoms with E-state index in [1.54, 1.807) is 24.3 Å². The van der Waals surface area contributed by atoms with Gasteiger partial charge >= 0.3 is 0 Å². The van der Waals surface area contributed by atoms with Crippen LogP contribution in [0.2, 0.25) is 0 Å². The van der Waals surface area contributed by atoms with Gasteiger partial charge in [-0.25, -0.2) is 4.98 Å². The average Bonchev–Trinajstić information content (AvgIpc) is 3.17. The van der Waals surface area contributed by atoms with E-state index in [0.29, 0.717) is 17.1 Å². The lowest BCUT2D eigenvalue weighted by Crippen LogP contribution is -2.15. The standard InChI is InChI=1S/C23H24N4O3S2/c1-14-6-4-9-20(15(14)2)27-21(29)11-19-12-31-23(26-19)32-13-22(30)25-18-8-5-7-17(10-18)24-16(3)28/h4-10,12H,11,13H2,1-3H3,(H,24,28)(H,25,30)(H,27,29). The molecule has 0 aliphatic heterocycles. The van der Waals surface area contributed by atoms with Crippen molar-refractivity contribution in [1.82, 2.24) is 4.98 Å². The molecule has 0 fully saturated rings. The third kappa shape index (κ3) is 6.93. The Balaban J connectivity index is 1.48. The highest BCUT2D eigenvalue weighted by Gasteiger charge is 2.12. The summed E-state index contributed by atoms with van der Waals surface area (Å²) in [7, 11) is 0. The lowest BCUT2D eigenvalue weighted by atomic mass is 10.1. The quantitative estimate of drug-likeness (QED) is 0.419. The minimum atomic E-state index is -0.181. The second-order valence-electron chi connectivity index (χ2n) is 7.18. The first-order chi connectivity index (χ1) is 15.3. The molecule has 0 spiro atoms. The Bertz CT molecular complexity index is 1140. The average molecular weight is 469 g/mol. The number of carbonyl (C=O) groups excluding carboxylic acids is 3. The molecule has 1 aromatic heterocycles. The fourth-order valence-corrected chi connectivity index (χ4v) is 4.53. The summed E-state index contributed by atoms with van der Waals surface area (Å²) in [6.07, 6.45) is 0.173. The van der Waals surface area contributed by atoms with Gasteiger partial charge in [-0.2, -0.15) is 0 Å². The lowest BCUT2D eigenvalue weighted by molar-refractivity contribution is -0.116. The summed E-state index contributed by atoms with van der Waals surface area (Å²) in [4.78, 5) is 40.2. The van der Waals surface area contributed by atoms with Gasteiger partial charge in [0.1, 0.15) is 0 Å². The number of amides is 3. The van der Waals surface area contributed by atoms with Crippen molar-refractivity contribution >= 4 is 57.9 Å². The summed E-state index contributed by atoms with van der Waals surface area (Å²) < 4.78 is 0.724. The van der Waals surface area contributed by atoms with Crippen LogP contribution < -0.4 is 16.0 Å². The highest BCUT2D eigenvalue weighted by atomic mass is 32.2. The van der Waals surface area contributed by atoms with Crippen molar-refractivity contribution in [2.24, 2.45) is 0 Å². The molecule has 32 heavy (non-hydrogen) atoms. The number of aryl methyl sites for hydroxylation is 1. The third-order valence-corrected chi connectivity index (χ3v) is 6.61. The molecule has 3 rings (SSSR count). The first-order valence-electron chi connectivity index (χ1n) is 9.91. The molecule has 0 saturated heterocycles. The molecule has 0 unspecified atom stereocenters. The smallest absolute Gasteiger partial charge is 0.234 e. The van der Waals surface area contributed by atoms with Crippen LogP contribution in [0.25, 0.3) is 0 Å². The zero-order chi connectivity index (χ0) is 23.1. The zero-order valence-corrected chi connectivity index (χ0v) is 19.7. The fraction of sp³-hybridized carbons (Fsp3) is 0.217. The van der Waals surface area contributed by atoms with Gasteiger partial charge in [0.15, 0.2) is 4.34 Å². The number of thiazole rings is 1. The van der Waals surface area contributed by atoms with Crippen molar-refractivity contribution in [2.75, 3.05) is 21.7 Å². The van der Waals surface area contributed by atoms with Crippen molar-refractivity contribution in [3.8, 4) is 0 Å². The van der Waals surface area contributed by atoms with Crippen LogP contribution in [0.5, 0.6) is 0 Å². The maximum Gasteiger partial charge on any atom is 0.234 e. The van der Waals surface area contributed by atoms with E-state index >= 15 is 0 Å². The van der Waals surface area contributed by atoms with Crippen molar-refractivity contribution in [1.29, 1.82) is 0 Å². The molecule has 3 N–H and O–H groups in total. The number of rotatable bonds is 8. The number of aromatic nitrogens is 1. The van der Waals surface area contributed by atoms with E-state index in [9.17, 15) is 14.4 Å². The number of carbonyl (C=O) groups is 3. The van der Waals surface area contributed by atoms with E-state index in [0.717, 1.165) is 21.2 Å². The van der Waals surface area contributed by atoms with Crippen LogP contribution in [0, 0.1) is 13.8 Å². The van der Waals surface area contributed by atoms with Crippen LogP contribution >= 0.6 is 23.1 Å². The number of hydrogen-bond donors (Lipinski definition) is 3. The first kappa shape index (κ1) is 23.5. The second-order valence-corrected chi connectivity index (χ2v) is 9.26. The van der Waals surface area contributed by atoms with Crippen LogP contribution in [0.1, 0.15) is 23.7 Å². The van der Waals surface area contributed by atoms with Gasteiger partial charge in [0, 0.05) is 29.4 Å². The largest absolute Gasteiger partial charge is 0.326 e. The van der Waals surface area contributed by atoms with Crippen LogP contribution in [0.15, 0.2) is 52.2 Å². The maximum atomic E-state index is 12.4. The van der Waals surface area contributed by atoms with Gasteiger partial charge in [0.2, 0.25) is 17.7 Å². The number of nitrogens with one attached hydrogen (secondary N) is 3. The highest BCUT2D eigenvalue weighted by Crippen LogP contribution is 2.24. The highest BCUT2D eigenvalue weighted by molar-refractivity contribution is 8.01. The Hall–Kier alpha value is -3.17. The summed E-state index contributed by atoms with van der Waals surface area (Å²) in [5.74, 6) is -0.297. The van der Waals surface area contributed by atoms with Crippen LogP contribution in [0.3, 0.4) is 0 Å². The normalized spacial score (nSPS) is 10.5. The Labute approximate surface area is 195 Å². The molecular weight excluding hydrogens is 444 g/mol. The van der Waals surface area contributed by atoms with Crippen molar-refractivity contribution in [3.05, 3.63) is 64.7 Å². The van der Waals surface area contributed by atoms with E-state index in [1.807, 2.05) is 37.4 Å². The van der Waals surface area contributed by atoms with Gasteiger partial charge in [0.05, 0.1) is 17.9 Å². The molecule has 0 aliphatic rings. The third-order valence-electron chi connectivity index (χ3n) is 4.54. The predicted molar refractivity (Wildman–Crippen MR) is 130 cm³/mol. The second kappa shape index (κ2) is 10.9. The van der Waals surface area contributed by atoms with Gasteiger partial charge in [-0.05, 0) is 49.2 Å². The number of nitrogens with zero attached hydrogens (tertiary/aromatic N) is 1. The maximum absolute atomic E-state index is 12.4. The molecule has 1 heterocycles. The van der Waals surface area contributed by atoms with E-state index in [1.165, 1.54) is 30.0 Å². The number of anilines is 3. The van der Waals surface area contributed by atoms with Crippen molar-refractivity contribution < 1.29 is 14.4 Å². The van der Waals surface area contributed by atoms with Crippen molar-refractivity contribution in [3.63, 3.8) is 0 Å². The van der Waals surface area contributed by atoms with E-state index in [4.69, 9.17) is 0 Å². The molecule has 0 atom stereocenters. The number of thioether (sulfide) groups is 1. The van der Waals surface area contributed by atoms with Gasteiger partial charge in [-0.1, -0.05) is 30.0 Å². The molecule has 0 radical (unpaired) electrons. The Kier molecular flexibility index (Phi) is 8.02. The summed E-state index contributed by atoms with van der Waals surface area (Å²) in [5, 5.41) is 10.2. The van der Waals surface area contributed by atoms with Gasteiger partial charge in [-0.15, -0.1) is 11.3 Å². The molecule has 0 saturated carbocycles. The fourth-order valence-electron chi connectivity index (χ4n) is 2.88. The minimum Gasteiger partial charge on any atom is -0.326 e. The van der Waals surface area contributed by atoms with Gasteiger partial charge in [-0.3, -0.25) is 14.4 Å². The molecule has 166 valence electrons. The molecule has 3 amide bonds. The minimum absolute atomic E-state index is 0.127. The van der Waals surface area contributed by atoms with Crippen LogP contribution in [-0.4, -0.2) is 28.5 Å². The van der Waals surface area contributed by atoms with Crippen molar-refractivity contribution in [2.45, 2.75) is 31.5 Å². The van der Waals surface area contributed by atoms with Crippen LogP contribution in [0.4, 0.5) is 17.1 Å². The molecule has 7 nitrogen and oxygen atoms in total. The molecular formula is C23H24N4O3S2. The first-order valence-corrected chi connectivity index (χ1v) is 11.8. The Morgan fingerprint density at radius 1 is 0.969 bits per heavy atom. The van der Waals surface area contributed by atoms with Gasteiger partial charge in [0.25, 0.3) is 0 Å². The zero-order valence-electron chi connectivity index (χ0n) is 18.0. The molecule has 0 aliphatic carbocycles. The van der Waals surface area contributed by atoms with Crippen LogP contribution in [-0.2, 0) is 20.8 Å². The lowest BCUT2D eigenvalue weighted by Gasteiger charge is -2.09. The number of benzene rings is 2. The molecule has 0 bridgehead atoms. The molecule has 2 aromatic carbocycles. The van der Waals surface area contributed by atoms with Gasteiger partial charge < -0.3 is 16.0 Å². The SMILES string of the molecule is CC(=O)Nc1cccc(NC(=O)CSc2nc(CC(=O)Nc3cccc(C)c3C)cs2)c1. The topological polar surface area (TPSA) is 100 Å². The summed E-state index contributed by atoms with van der Waals surface area (Å²) in [5.41, 5.74) is 4.86. The molecule has 3 aromatic rings. The monoisotopic (exact) mass is 468 g/mol. The van der Waals surface area contributed by atoms with E-state index in [2.05, 4.69) is 20.9 Å². The Morgan fingerprint density at radius 2 is 1.69 bits per heavy atom. The molecule has 9 heteroatoms.